The van der Waals surface area contributed by atoms with Gasteiger partial charge in [0.15, 0.2) is 0 Å². The number of benzene rings is 2. The van der Waals surface area contributed by atoms with Crippen molar-refractivity contribution in [2.24, 2.45) is 17.8 Å². The summed E-state index contributed by atoms with van der Waals surface area (Å²) in [6.45, 7) is 3.78. The van der Waals surface area contributed by atoms with Gasteiger partial charge in [-0.3, -0.25) is 4.79 Å². The normalized spacial score (nSPS) is 23.1. The standard InChI is InChI=1S/C23H25F3N2O2/c24-23(25,26)30-18-10-4-9-17(12-18)22(29)27-13-19-20-14-28(15-21(19)20)11-5-8-16-6-2-1-3-7-16/h1-4,6-7,9-10,12,19-21H,5,8,11,13-15H2,(H,27,29). The molecule has 1 amide bonds. The molecule has 0 bridgehead atoms. The second-order valence-electron chi connectivity index (χ2n) is 8.13. The van der Waals surface area contributed by atoms with Gasteiger partial charge in [-0.2, -0.15) is 0 Å². The van der Waals surface area contributed by atoms with E-state index in [1.165, 1.54) is 23.8 Å². The molecule has 2 aromatic carbocycles. The van der Waals surface area contributed by atoms with Gasteiger partial charge in [0.05, 0.1) is 0 Å². The molecule has 0 radical (unpaired) electrons. The largest absolute Gasteiger partial charge is 0.573 e. The van der Waals surface area contributed by atoms with Gasteiger partial charge < -0.3 is 15.0 Å². The zero-order valence-electron chi connectivity index (χ0n) is 16.6. The van der Waals surface area contributed by atoms with E-state index >= 15 is 0 Å². The maximum absolute atomic E-state index is 12.3. The van der Waals surface area contributed by atoms with Gasteiger partial charge in [0.2, 0.25) is 0 Å². The Labute approximate surface area is 174 Å². The van der Waals surface area contributed by atoms with Gasteiger partial charge in [0.25, 0.3) is 5.91 Å². The van der Waals surface area contributed by atoms with Crippen LogP contribution >= 0.6 is 0 Å². The fourth-order valence-corrected chi connectivity index (χ4v) is 4.52. The minimum Gasteiger partial charge on any atom is -0.406 e. The molecular weight excluding hydrogens is 393 g/mol. The minimum atomic E-state index is -4.77. The summed E-state index contributed by atoms with van der Waals surface area (Å²) in [7, 11) is 0. The van der Waals surface area contributed by atoms with Crippen molar-refractivity contribution in [2.75, 3.05) is 26.2 Å². The van der Waals surface area contributed by atoms with Gasteiger partial charge in [-0.25, -0.2) is 0 Å². The number of carbonyl (C=O) groups excluding carboxylic acids is 1. The lowest BCUT2D eigenvalue weighted by molar-refractivity contribution is -0.274. The van der Waals surface area contributed by atoms with E-state index in [9.17, 15) is 18.0 Å². The first-order valence-corrected chi connectivity index (χ1v) is 10.3. The molecule has 1 aliphatic carbocycles. The Morgan fingerprint density at radius 3 is 2.50 bits per heavy atom. The lowest BCUT2D eigenvalue weighted by Crippen LogP contribution is -2.31. The molecule has 0 aromatic heterocycles. The highest BCUT2D eigenvalue weighted by atomic mass is 19.4. The van der Waals surface area contributed by atoms with Gasteiger partial charge in [-0.05, 0) is 60.9 Å². The van der Waals surface area contributed by atoms with Gasteiger partial charge in [-0.15, -0.1) is 13.2 Å². The van der Waals surface area contributed by atoms with Crippen LogP contribution in [0.4, 0.5) is 13.2 Å². The van der Waals surface area contributed by atoms with Crippen molar-refractivity contribution in [3.8, 4) is 5.75 Å². The van der Waals surface area contributed by atoms with Crippen LogP contribution in [0.3, 0.4) is 0 Å². The number of aryl methyl sites for hydroxylation is 1. The van der Waals surface area contributed by atoms with Crippen LogP contribution in [0.25, 0.3) is 0 Å². The van der Waals surface area contributed by atoms with E-state index in [0.717, 1.165) is 38.5 Å². The summed E-state index contributed by atoms with van der Waals surface area (Å²) >= 11 is 0. The molecule has 2 aliphatic rings. The van der Waals surface area contributed by atoms with Crippen molar-refractivity contribution in [3.63, 3.8) is 0 Å². The Morgan fingerprint density at radius 1 is 1.07 bits per heavy atom. The molecule has 30 heavy (non-hydrogen) atoms. The van der Waals surface area contributed by atoms with Crippen molar-refractivity contribution in [1.82, 2.24) is 10.2 Å². The number of likely N-dealkylation sites (tertiary alicyclic amines) is 1. The number of rotatable bonds is 8. The number of fused-ring (bicyclic) bond motifs is 1. The number of hydrogen-bond donors (Lipinski definition) is 1. The van der Waals surface area contributed by atoms with E-state index in [2.05, 4.69) is 39.2 Å². The number of halogens is 3. The highest BCUT2D eigenvalue weighted by Crippen LogP contribution is 2.51. The average molecular weight is 418 g/mol. The van der Waals surface area contributed by atoms with Crippen LogP contribution in [0.1, 0.15) is 22.3 Å². The first kappa shape index (κ1) is 20.7. The first-order chi connectivity index (χ1) is 14.4. The maximum Gasteiger partial charge on any atom is 0.573 e. The number of nitrogens with zero attached hydrogens (tertiary/aromatic N) is 1. The van der Waals surface area contributed by atoms with Crippen molar-refractivity contribution >= 4 is 5.91 Å². The van der Waals surface area contributed by atoms with Crippen LogP contribution in [-0.4, -0.2) is 43.3 Å². The second-order valence-corrected chi connectivity index (χ2v) is 8.13. The smallest absolute Gasteiger partial charge is 0.406 e. The molecule has 1 saturated heterocycles. The summed E-state index contributed by atoms with van der Waals surface area (Å²) in [5.41, 5.74) is 1.54. The molecule has 4 rings (SSSR count). The van der Waals surface area contributed by atoms with Crippen molar-refractivity contribution in [3.05, 3.63) is 65.7 Å². The number of carbonyl (C=O) groups is 1. The van der Waals surface area contributed by atoms with Crippen molar-refractivity contribution < 1.29 is 22.7 Å². The molecule has 2 fully saturated rings. The predicted molar refractivity (Wildman–Crippen MR) is 107 cm³/mol. The third kappa shape index (κ3) is 5.33. The van der Waals surface area contributed by atoms with E-state index in [0.29, 0.717) is 24.3 Å². The molecule has 1 saturated carbocycles. The maximum atomic E-state index is 12.3. The van der Waals surface area contributed by atoms with E-state index < -0.39 is 6.36 Å². The van der Waals surface area contributed by atoms with Crippen LogP contribution in [0.2, 0.25) is 0 Å². The minimum absolute atomic E-state index is 0.171. The Morgan fingerprint density at radius 2 is 1.80 bits per heavy atom. The Bertz CT molecular complexity index is 860. The van der Waals surface area contributed by atoms with Crippen molar-refractivity contribution in [1.29, 1.82) is 0 Å². The molecule has 7 heteroatoms. The third-order valence-electron chi connectivity index (χ3n) is 6.06. The van der Waals surface area contributed by atoms with E-state index in [4.69, 9.17) is 0 Å². The number of ether oxygens (including phenoxy) is 1. The monoisotopic (exact) mass is 418 g/mol. The number of nitrogens with one attached hydrogen (secondary N) is 1. The first-order valence-electron chi connectivity index (χ1n) is 10.3. The Kier molecular flexibility index (Phi) is 5.99. The third-order valence-corrected chi connectivity index (χ3v) is 6.06. The molecule has 1 N–H and O–H groups in total. The van der Waals surface area contributed by atoms with Gasteiger partial charge in [0.1, 0.15) is 5.75 Å². The molecule has 1 aliphatic heterocycles. The predicted octanol–water partition coefficient (Wildman–Crippen LogP) is 4.13. The summed E-state index contributed by atoms with van der Waals surface area (Å²) in [5.74, 6) is 0.940. The summed E-state index contributed by atoms with van der Waals surface area (Å²) in [6, 6.07) is 15.7. The molecule has 2 aromatic rings. The molecule has 2 unspecified atom stereocenters. The topological polar surface area (TPSA) is 41.6 Å². The second kappa shape index (κ2) is 8.68. The molecular formula is C23H25F3N2O2. The molecule has 0 spiro atoms. The number of amides is 1. The summed E-state index contributed by atoms with van der Waals surface area (Å²) in [5, 5.41) is 2.86. The van der Waals surface area contributed by atoms with E-state index in [-0.39, 0.29) is 17.2 Å². The van der Waals surface area contributed by atoms with Crippen LogP contribution in [0.5, 0.6) is 5.75 Å². The zero-order chi connectivity index (χ0) is 21.1. The quantitative estimate of drug-likeness (QED) is 0.701. The molecule has 160 valence electrons. The molecule has 1 heterocycles. The Hall–Kier alpha value is -2.54. The van der Waals surface area contributed by atoms with Crippen LogP contribution in [0.15, 0.2) is 54.6 Å². The lowest BCUT2D eigenvalue weighted by Gasteiger charge is -2.19. The van der Waals surface area contributed by atoms with Crippen LogP contribution < -0.4 is 10.1 Å². The zero-order valence-corrected chi connectivity index (χ0v) is 16.6. The van der Waals surface area contributed by atoms with Crippen LogP contribution in [-0.2, 0) is 6.42 Å². The molecule has 4 nitrogen and oxygen atoms in total. The van der Waals surface area contributed by atoms with E-state index in [1.807, 2.05) is 6.07 Å². The highest BCUT2D eigenvalue weighted by Gasteiger charge is 2.54. The Balaban J connectivity index is 1.17. The van der Waals surface area contributed by atoms with Crippen LogP contribution in [0, 0.1) is 17.8 Å². The fourth-order valence-electron chi connectivity index (χ4n) is 4.52. The van der Waals surface area contributed by atoms with Gasteiger partial charge in [-0.1, -0.05) is 36.4 Å². The fraction of sp³-hybridized carbons (Fsp3) is 0.435. The SMILES string of the molecule is O=C(NCC1C2CN(CCCc3ccccc3)CC12)c1cccc(OC(F)(F)F)c1. The number of alkyl halides is 3. The average Bonchev–Trinajstić information content (AvgIpc) is 3.16. The summed E-state index contributed by atoms with van der Waals surface area (Å²) in [6.07, 6.45) is -2.54. The van der Waals surface area contributed by atoms with E-state index in [1.54, 1.807) is 0 Å². The van der Waals surface area contributed by atoms with Crippen molar-refractivity contribution in [2.45, 2.75) is 19.2 Å². The number of hydrogen-bond acceptors (Lipinski definition) is 3. The highest BCUT2D eigenvalue weighted by molar-refractivity contribution is 5.94. The van der Waals surface area contributed by atoms with Gasteiger partial charge >= 0.3 is 6.36 Å². The number of piperidine rings is 1. The van der Waals surface area contributed by atoms with Gasteiger partial charge in [0, 0.05) is 25.2 Å². The molecule has 2 atom stereocenters. The lowest BCUT2D eigenvalue weighted by atomic mass is 10.1. The summed E-state index contributed by atoms with van der Waals surface area (Å²) in [4.78, 5) is 14.8. The summed E-state index contributed by atoms with van der Waals surface area (Å²) < 4.78 is 40.9.